The maximum Gasteiger partial charge on any atom is 0.333 e. The molecule has 0 fully saturated rings. The summed E-state index contributed by atoms with van der Waals surface area (Å²) in [6.07, 6.45) is -1.21. The van der Waals surface area contributed by atoms with Crippen LogP contribution in [-0.2, 0) is 19.1 Å². The average molecular weight is 308 g/mol. The molecule has 0 unspecified atom stereocenters. The molecule has 0 saturated carbocycles. The molecule has 0 saturated heterocycles. The second kappa shape index (κ2) is 9.51. The Labute approximate surface area is 129 Å². The van der Waals surface area contributed by atoms with Crippen molar-refractivity contribution in [3.63, 3.8) is 0 Å². The van der Waals surface area contributed by atoms with E-state index in [0.29, 0.717) is 18.7 Å². The third kappa shape index (κ3) is 5.92. The summed E-state index contributed by atoms with van der Waals surface area (Å²) in [5.74, 6) is -1.40. The molecular weight excluding hydrogens is 288 g/mol. The molecule has 0 aliphatic heterocycles. The monoisotopic (exact) mass is 308 g/mol. The lowest BCUT2D eigenvalue weighted by molar-refractivity contribution is -0.160. The van der Waals surface area contributed by atoms with Gasteiger partial charge in [-0.1, -0.05) is 30.3 Å². The van der Waals surface area contributed by atoms with Crippen molar-refractivity contribution < 1.29 is 23.9 Å². The molecule has 0 aliphatic carbocycles. The van der Waals surface area contributed by atoms with Gasteiger partial charge in [0.1, 0.15) is 6.61 Å². The number of esters is 1. The Morgan fingerprint density at radius 3 is 2.41 bits per heavy atom. The summed E-state index contributed by atoms with van der Waals surface area (Å²) in [6, 6.07) is 7.81. The number of ether oxygens (including phenoxy) is 2. The number of imide groups is 1. The zero-order valence-corrected chi connectivity index (χ0v) is 12.6. The van der Waals surface area contributed by atoms with Crippen molar-refractivity contribution in [1.29, 1.82) is 0 Å². The van der Waals surface area contributed by atoms with Gasteiger partial charge in [0.15, 0.2) is 0 Å². The van der Waals surface area contributed by atoms with E-state index in [1.807, 2.05) is 0 Å². The van der Waals surface area contributed by atoms with Crippen LogP contribution in [0.4, 0.5) is 4.79 Å². The summed E-state index contributed by atoms with van der Waals surface area (Å²) >= 11 is 0. The van der Waals surface area contributed by atoms with Crippen molar-refractivity contribution >= 4 is 17.9 Å². The van der Waals surface area contributed by atoms with Gasteiger partial charge in [-0.05, 0) is 13.8 Å². The van der Waals surface area contributed by atoms with Crippen LogP contribution in [-0.4, -0.2) is 37.7 Å². The van der Waals surface area contributed by atoms with Gasteiger partial charge in [0.25, 0.3) is 5.91 Å². The van der Waals surface area contributed by atoms with Gasteiger partial charge in [-0.15, -0.1) is 0 Å². The van der Waals surface area contributed by atoms with Crippen molar-refractivity contribution in [2.75, 3.05) is 19.8 Å². The molecule has 1 aromatic carbocycles. The van der Waals surface area contributed by atoms with E-state index >= 15 is 0 Å². The quantitative estimate of drug-likeness (QED) is 0.737. The summed E-state index contributed by atoms with van der Waals surface area (Å²) in [5, 5.41) is 4.57. The van der Waals surface area contributed by atoms with Crippen LogP contribution in [0.1, 0.15) is 25.5 Å². The van der Waals surface area contributed by atoms with E-state index in [2.05, 4.69) is 10.6 Å². The van der Waals surface area contributed by atoms with Crippen molar-refractivity contribution in [1.82, 2.24) is 10.6 Å². The molecule has 22 heavy (non-hydrogen) atoms. The van der Waals surface area contributed by atoms with Crippen LogP contribution in [0.3, 0.4) is 0 Å². The minimum atomic E-state index is -1.21. The van der Waals surface area contributed by atoms with Gasteiger partial charge in [0.05, 0.1) is 0 Å². The van der Waals surface area contributed by atoms with Crippen LogP contribution in [0.2, 0.25) is 0 Å². The van der Waals surface area contributed by atoms with Crippen molar-refractivity contribution in [3.05, 3.63) is 35.9 Å². The van der Waals surface area contributed by atoms with E-state index < -0.39 is 24.0 Å². The van der Waals surface area contributed by atoms with Crippen LogP contribution >= 0.6 is 0 Å². The minimum absolute atomic E-state index is 0.256. The topological polar surface area (TPSA) is 93.7 Å². The van der Waals surface area contributed by atoms with Gasteiger partial charge in [-0.2, -0.15) is 0 Å². The molecule has 0 aliphatic rings. The predicted octanol–water partition coefficient (Wildman–Crippen LogP) is 1.15. The average Bonchev–Trinajstić information content (AvgIpc) is 2.51. The highest BCUT2D eigenvalue weighted by Crippen LogP contribution is 2.17. The Hall–Kier alpha value is -2.41. The fraction of sp³-hybridized carbons (Fsp3) is 0.400. The number of hydrogen-bond acceptors (Lipinski definition) is 5. The maximum absolute atomic E-state index is 12.1. The van der Waals surface area contributed by atoms with Gasteiger partial charge < -0.3 is 14.8 Å². The Kier molecular flexibility index (Phi) is 7.63. The summed E-state index contributed by atoms with van der Waals surface area (Å²) in [6.45, 7) is 3.94. The first-order valence-corrected chi connectivity index (χ1v) is 6.99. The number of carbonyl (C=O) groups is 3. The van der Waals surface area contributed by atoms with Crippen LogP contribution in [0.25, 0.3) is 0 Å². The van der Waals surface area contributed by atoms with Gasteiger partial charge in [-0.3, -0.25) is 10.1 Å². The minimum Gasteiger partial charge on any atom is -0.446 e. The molecule has 7 nitrogen and oxygen atoms in total. The van der Waals surface area contributed by atoms with E-state index in [1.54, 1.807) is 44.2 Å². The number of urea groups is 1. The number of nitrogens with one attached hydrogen (secondary N) is 2. The van der Waals surface area contributed by atoms with Gasteiger partial charge >= 0.3 is 12.0 Å². The normalized spacial score (nSPS) is 11.4. The maximum atomic E-state index is 12.1. The molecule has 0 bridgehead atoms. The first kappa shape index (κ1) is 17.6. The number of rotatable bonds is 7. The number of amides is 3. The number of hydrogen-bond donors (Lipinski definition) is 2. The third-order valence-electron chi connectivity index (χ3n) is 2.59. The molecule has 3 amide bonds. The van der Waals surface area contributed by atoms with Crippen molar-refractivity contribution in [2.24, 2.45) is 0 Å². The van der Waals surface area contributed by atoms with Gasteiger partial charge in [0.2, 0.25) is 6.10 Å². The standard InChI is InChI=1S/C15H20N2O5/c1-3-16-15(20)17-14(19)13(11-8-6-5-7-9-11)22-12(18)10-21-4-2/h5-9,13H,3-4,10H2,1-2H3,(H2,16,17,19,20)/t13-/m0/s1. The Bertz CT molecular complexity index is 504. The first-order chi connectivity index (χ1) is 10.6. The highest BCUT2D eigenvalue weighted by molar-refractivity contribution is 5.97. The van der Waals surface area contributed by atoms with E-state index in [-0.39, 0.29) is 6.61 Å². The molecule has 0 heterocycles. The van der Waals surface area contributed by atoms with Crippen LogP contribution in [0.5, 0.6) is 0 Å². The lowest BCUT2D eigenvalue weighted by atomic mass is 10.1. The second-order valence-electron chi connectivity index (χ2n) is 4.27. The van der Waals surface area contributed by atoms with Crippen LogP contribution < -0.4 is 10.6 Å². The summed E-state index contributed by atoms with van der Waals surface area (Å²) in [5.41, 5.74) is 0.467. The van der Waals surface area contributed by atoms with Crippen molar-refractivity contribution in [3.8, 4) is 0 Å². The van der Waals surface area contributed by atoms with E-state index in [0.717, 1.165) is 0 Å². The SMILES string of the molecule is CCNC(=O)NC(=O)[C@@H](OC(=O)COCC)c1ccccc1. The summed E-state index contributed by atoms with van der Waals surface area (Å²) in [7, 11) is 0. The molecule has 1 aromatic rings. The Balaban J connectivity index is 2.80. The fourth-order valence-corrected chi connectivity index (χ4v) is 1.63. The second-order valence-corrected chi connectivity index (χ2v) is 4.27. The van der Waals surface area contributed by atoms with Gasteiger partial charge in [-0.25, -0.2) is 9.59 Å². The van der Waals surface area contributed by atoms with Crippen molar-refractivity contribution in [2.45, 2.75) is 20.0 Å². The molecule has 2 N–H and O–H groups in total. The molecular formula is C15H20N2O5. The predicted molar refractivity (Wildman–Crippen MR) is 79.0 cm³/mol. The zero-order chi connectivity index (χ0) is 16.4. The largest absolute Gasteiger partial charge is 0.446 e. The lowest BCUT2D eigenvalue weighted by Gasteiger charge is -2.17. The first-order valence-electron chi connectivity index (χ1n) is 6.99. The van der Waals surface area contributed by atoms with Crippen LogP contribution in [0.15, 0.2) is 30.3 Å². The lowest BCUT2D eigenvalue weighted by Crippen LogP contribution is -2.42. The Morgan fingerprint density at radius 2 is 1.82 bits per heavy atom. The highest BCUT2D eigenvalue weighted by atomic mass is 16.6. The molecule has 0 radical (unpaired) electrons. The number of carbonyl (C=O) groups excluding carboxylic acids is 3. The molecule has 1 atom stereocenters. The summed E-state index contributed by atoms with van der Waals surface area (Å²) in [4.78, 5) is 35.3. The molecule has 120 valence electrons. The van der Waals surface area contributed by atoms with Gasteiger partial charge in [0, 0.05) is 18.7 Å². The number of benzene rings is 1. The Morgan fingerprint density at radius 1 is 1.14 bits per heavy atom. The van der Waals surface area contributed by atoms with E-state index in [1.165, 1.54) is 0 Å². The van der Waals surface area contributed by atoms with Crippen LogP contribution in [0, 0.1) is 0 Å². The third-order valence-corrected chi connectivity index (χ3v) is 2.59. The summed E-state index contributed by atoms with van der Waals surface area (Å²) < 4.78 is 10.1. The fourth-order valence-electron chi connectivity index (χ4n) is 1.63. The smallest absolute Gasteiger partial charge is 0.333 e. The highest BCUT2D eigenvalue weighted by Gasteiger charge is 2.26. The van der Waals surface area contributed by atoms with E-state index in [4.69, 9.17) is 9.47 Å². The molecule has 1 rings (SSSR count). The molecule has 7 heteroatoms. The zero-order valence-electron chi connectivity index (χ0n) is 12.6. The molecule has 0 spiro atoms. The van der Waals surface area contributed by atoms with E-state index in [9.17, 15) is 14.4 Å². The molecule has 0 aromatic heterocycles.